The van der Waals surface area contributed by atoms with Crippen molar-refractivity contribution < 1.29 is 19.1 Å². The van der Waals surface area contributed by atoms with Crippen LogP contribution in [0.5, 0.6) is 5.75 Å². The van der Waals surface area contributed by atoms with Crippen LogP contribution in [0.1, 0.15) is 59.5 Å². The number of nitrogens with one attached hydrogen (secondary N) is 1. The predicted octanol–water partition coefficient (Wildman–Crippen LogP) is 4.77. The second-order valence-corrected chi connectivity index (χ2v) is 8.01. The van der Waals surface area contributed by atoms with Crippen molar-refractivity contribution in [2.45, 2.75) is 58.5 Å². The molecule has 1 aromatic carbocycles. The lowest BCUT2D eigenvalue weighted by atomic mass is 9.95. The summed E-state index contributed by atoms with van der Waals surface area (Å²) in [5.74, 6) is 0.0301. The lowest BCUT2D eigenvalue weighted by Gasteiger charge is -2.17. The van der Waals surface area contributed by atoms with E-state index in [0.717, 1.165) is 37.7 Å². The quantitative estimate of drug-likeness (QED) is 0.679. The third-order valence-corrected chi connectivity index (χ3v) is 6.28. The highest BCUT2D eigenvalue weighted by Crippen LogP contribution is 2.38. The van der Waals surface area contributed by atoms with Crippen molar-refractivity contribution in [1.29, 1.82) is 0 Å². The Morgan fingerprint density at radius 2 is 1.86 bits per heavy atom. The number of methoxy groups -OCH3 is 1. The summed E-state index contributed by atoms with van der Waals surface area (Å²) in [6.45, 7) is 4.00. The smallest absolute Gasteiger partial charge is 0.341 e. The van der Waals surface area contributed by atoms with Gasteiger partial charge in [0.2, 0.25) is 0 Å². The lowest BCUT2D eigenvalue weighted by molar-refractivity contribution is -0.122. The fraction of sp³-hybridized carbons (Fsp3) is 0.455. The number of amides is 1. The summed E-state index contributed by atoms with van der Waals surface area (Å²) >= 11 is 1.48. The number of hydrogen-bond donors (Lipinski definition) is 1. The summed E-state index contributed by atoms with van der Waals surface area (Å²) in [5.41, 5.74) is 2.76. The zero-order chi connectivity index (χ0) is 20.1. The van der Waals surface area contributed by atoms with Gasteiger partial charge in [-0.15, -0.1) is 11.3 Å². The molecule has 3 rings (SSSR count). The number of anilines is 1. The Kier molecular flexibility index (Phi) is 6.73. The summed E-state index contributed by atoms with van der Waals surface area (Å²) in [6.07, 6.45) is 4.81. The summed E-state index contributed by atoms with van der Waals surface area (Å²) in [7, 11) is 1.37. The lowest BCUT2D eigenvalue weighted by Crippen LogP contribution is -2.32. The third kappa shape index (κ3) is 4.38. The fourth-order valence-electron chi connectivity index (χ4n) is 3.45. The maximum absolute atomic E-state index is 12.9. The number of carbonyl (C=O) groups excluding carboxylic acids is 2. The molecule has 0 radical (unpaired) electrons. The minimum Gasteiger partial charge on any atom is -0.481 e. The van der Waals surface area contributed by atoms with Crippen molar-refractivity contribution in [3.8, 4) is 5.75 Å². The van der Waals surface area contributed by atoms with E-state index in [0.29, 0.717) is 22.7 Å². The first-order chi connectivity index (χ1) is 13.6. The molecular weight excluding hydrogens is 374 g/mol. The zero-order valence-corrected chi connectivity index (χ0v) is 17.5. The molecular formula is C22H27NO4S. The topological polar surface area (TPSA) is 64.6 Å². The first-order valence-corrected chi connectivity index (χ1v) is 10.7. The van der Waals surface area contributed by atoms with Gasteiger partial charge >= 0.3 is 5.97 Å². The molecule has 0 aliphatic heterocycles. The third-order valence-electron chi connectivity index (χ3n) is 5.07. The molecule has 0 bridgehead atoms. The number of thiophene rings is 1. The highest BCUT2D eigenvalue weighted by Gasteiger charge is 2.28. The van der Waals surface area contributed by atoms with Gasteiger partial charge in [0.15, 0.2) is 6.10 Å². The number of carbonyl (C=O) groups is 2. The van der Waals surface area contributed by atoms with E-state index in [1.54, 1.807) is 0 Å². The van der Waals surface area contributed by atoms with Crippen molar-refractivity contribution in [2.24, 2.45) is 0 Å². The number of esters is 1. The number of ether oxygens (including phenoxy) is 2. The Bertz CT molecular complexity index is 841. The normalized spacial score (nSPS) is 14.1. The number of benzene rings is 1. The Labute approximate surface area is 170 Å². The summed E-state index contributed by atoms with van der Waals surface area (Å²) < 4.78 is 10.9. The van der Waals surface area contributed by atoms with Crippen molar-refractivity contribution in [1.82, 2.24) is 0 Å². The Hall–Kier alpha value is -2.34. The molecule has 0 unspecified atom stereocenters. The van der Waals surface area contributed by atoms with E-state index in [4.69, 9.17) is 9.47 Å². The van der Waals surface area contributed by atoms with Crippen LogP contribution in [0.25, 0.3) is 0 Å². The minimum atomic E-state index is -0.628. The van der Waals surface area contributed by atoms with E-state index < -0.39 is 6.10 Å². The number of fused-ring (bicyclic) bond motifs is 1. The number of rotatable bonds is 7. The highest BCUT2D eigenvalue weighted by molar-refractivity contribution is 7.17. The van der Waals surface area contributed by atoms with Gasteiger partial charge in [-0.3, -0.25) is 4.79 Å². The van der Waals surface area contributed by atoms with Crippen molar-refractivity contribution in [3.63, 3.8) is 0 Å². The van der Waals surface area contributed by atoms with Crippen LogP contribution >= 0.6 is 11.3 Å². The second kappa shape index (κ2) is 9.24. The molecule has 5 nitrogen and oxygen atoms in total. The van der Waals surface area contributed by atoms with Crippen molar-refractivity contribution in [3.05, 3.63) is 45.8 Å². The molecule has 150 valence electrons. The van der Waals surface area contributed by atoms with Crippen LogP contribution in [0.15, 0.2) is 24.3 Å². The summed E-state index contributed by atoms with van der Waals surface area (Å²) in [4.78, 5) is 26.4. The van der Waals surface area contributed by atoms with Crippen LogP contribution < -0.4 is 10.1 Å². The van der Waals surface area contributed by atoms with Gasteiger partial charge in [0.1, 0.15) is 10.8 Å². The van der Waals surface area contributed by atoms with Crippen LogP contribution in [0, 0.1) is 0 Å². The molecule has 0 saturated heterocycles. The fourth-order valence-corrected chi connectivity index (χ4v) is 4.73. The van der Waals surface area contributed by atoms with Gasteiger partial charge in [0.25, 0.3) is 5.91 Å². The van der Waals surface area contributed by atoms with E-state index in [1.165, 1.54) is 28.9 Å². The maximum Gasteiger partial charge on any atom is 0.341 e. The van der Waals surface area contributed by atoms with Gasteiger partial charge < -0.3 is 14.8 Å². The zero-order valence-electron chi connectivity index (χ0n) is 16.7. The van der Waals surface area contributed by atoms with E-state index in [-0.39, 0.29) is 11.9 Å². The molecule has 0 fully saturated rings. The molecule has 1 amide bonds. The van der Waals surface area contributed by atoms with Gasteiger partial charge in [-0.25, -0.2) is 4.79 Å². The van der Waals surface area contributed by atoms with Gasteiger partial charge in [0.05, 0.1) is 12.7 Å². The van der Waals surface area contributed by atoms with Crippen molar-refractivity contribution in [2.75, 3.05) is 12.4 Å². The van der Waals surface area contributed by atoms with E-state index in [2.05, 4.69) is 12.2 Å². The van der Waals surface area contributed by atoms with Gasteiger partial charge in [0, 0.05) is 4.88 Å². The molecule has 0 saturated carbocycles. The summed E-state index contributed by atoms with van der Waals surface area (Å²) in [5, 5.41) is 3.51. The second-order valence-electron chi connectivity index (χ2n) is 6.91. The number of aryl methyl sites for hydroxylation is 2. The van der Waals surface area contributed by atoms with Gasteiger partial charge in [-0.05, 0) is 61.8 Å². The van der Waals surface area contributed by atoms with Crippen LogP contribution in [-0.4, -0.2) is 25.1 Å². The van der Waals surface area contributed by atoms with Gasteiger partial charge in [-0.2, -0.15) is 0 Å². The molecule has 2 aromatic rings. The number of hydrogen-bond acceptors (Lipinski definition) is 5. The molecule has 1 aromatic heterocycles. The van der Waals surface area contributed by atoms with E-state index in [1.807, 2.05) is 31.2 Å². The standard InChI is InChI=1S/C22H27NO4S/c1-4-14-10-12-15(13-11-14)27-17(5-2)20(24)23-21-19(22(25)26-3)16-8-6-7-9-18(16)28-21/h10-13,17H,4-9H2,1-3H3,(H,23,24)/t17-/m0/s1. The maximum atomic E-state index is 12.9. The van der Waals surface area contributed by atoms with Crippen molar-refractivity contribution >= 4 is 28.2 Å². The Morgan fingerprint density at radius 3 is 2.50 bits per heavy atom. The molecule has 28 heavy (non-hydrogen) atoms. The van der Waals surface area contributed by atoms with Crippen LogP contribution in [0.4, 0.5) is 5.00 Å². The molecule has 1 heterocycles. The molecule has 1 atom stereocenters. The van der Waals surface area contributed by atoms with Gasteiger partial charge in [-0.1, -0.05) is 26.0 Å². The molecule has 6 heteroatoms. The summed E-state index contributed by atoms with van der Waals surface area (Å²) in [6, 6.07) is 7.78. The van der Waals surface area contributed by atoms with E-state index in [9.17, 15) is 9.59 Å². The first-order valence-electron chi connectivity index (χ1n) is 9.86. The van der Waals surface area contributed by atoms with E-state index >= 15 is 0 Å². The predicted molar refractivity (Wildman–Crippen MR) is 111 cm³/mol. The molecule has 1 aliphatic carbocycles. The first kappa shape index (κ1) is 20.4. The Morgan fingerprint density at radius 1 is 1.14 bits per heavy atom. The molecule has 0 spiro atoms. The van der Waals surface area contributed by atoms with Crippen LogP contribution in [-0.2, 0) is 28.8 Å². The Balaban J connectivity index is 1.78. The molecule has 1 N–H and O–H groups in total. The highest BCUT2D eigenvalue weighted by atomic mass is 32.1. The minimum absolute atomic E-state index is 0.245. The van der Waals surface area contributed by atoms with Crippen LogP contribution in [0.3, 0.4) is 0 Å². The average molecular weight is 402 g/mol. The average Bonchev–Trinajstić information content (AvgIpc) is 3.09. The van der Waals surface area contributed by atoms with Crippen LogP contribution in [0.2, 0.25) is 0 Å². The largest absolute Gasteiger partial charge is 0.481 e. The molecule has 1 aliphatic rings. The monoisotopic (exact) mass is 401 g/mol. The SMILES string of the molecule is CCc1ccc(O[C@@H](CC)C(=O)Nc2sc3c(c2C(=O)OC)CCCC3)cc1.